The summed E-state index contributed by atoms with van der Waals surface area (Å²) in [5.74, 6) is -0.322. The van der Waals surface area contributed by atoms with Crippen molar-refractivity contribution in [1.82, 2.24) is 19.6 Å². The summed E-state index contributed by atoms with van der Waals surface area (Å²) < 4.78 is 1.60. The Balaban J connectivity index is 1.71. The molecule has 0 aliphatic heterocycles. The fourth-order valence-electron chi connectivity index (χ4n) is 2.51. The lowest BCUT2D eigenvalue weighted by Gasteiger charge is -2.01. The van der Waals surface area contributed by atoms with Gasteiger partial charge in [-0.15, -0.1) is 0 Å². The maximum absolute atomic E-state index is 11.0. The molecular weight excluding hydrogens is 328 g/mol. The zero-order valence-corrected chi connectivity index (χ0v) is 12.5. The quantitative estimate of drug-likeness (QED) is 0.384. The van der Waals surface area contributed by atoms with Crippen LogP contribution in [0, 0.1) is 10.1 Å². The summed E-state index contributed by atoms with van der Waals surface area (Å²) in [7, 11) is 0. The number of imidazole rings is 1. The Morgan fingerprint density at radius 2 is 2.08 bits per heavy atom. The molecule has 25 heavy (non-hydrogen) atoms. The molecular formula is C15H10N6O4. The number of rotatable bonds is 4. The van der Waals surface area contributed by atoms with Gasteiger partial charge in [-0.3, -0.25) is 15.2 Å². The predicted molar refractivity (Wildman–Crippen MR) is 88.2 cm³/mol. The molecule has 0 aliphatic rings. The summed E-state index contributed by atoms with van der Waals surface area (Å²) in [4.78, 5) is 29.9. The number of aromatic nitrogens is 4. The van der Waals surface area contributed by atoms with Gasteiger partial charge in [-0.2, -0.15) is 4.98 Å². The van der Waals surface area contributed by atoms with E-state index in [-0.39, 0.29) is 11.3 Å². The highest BCUT2D eigenvalue weighted by molar-refractivity contribution is 5.93. The number of non-ortho nitro benzene ring substituents is 1. The number of hydrogen-bond acceptors (Lipinski definition) is 6. The lowest BCUT2D eigenvalue weighted by molar-refractivity contribution is -0.384. The normalized spacial score (nSPS) is 11.0. The number of carboxylic acid groups (broad SMARTS) is 1. The Morgan fingerprint density at radius 1 is 1.24 bits per heavy atom. The number of benzene rings is 2. The first kappa shape index (κ1) is 14.6. The van der Waals surface area contributed by atoms with Crippen molar-refractivity contribution in [3.63, 3.8) is 0 Å². The molecule has 2 aromatic carbocycles. The van der Waals surface area contributed by atoms with Crippen molar-refractivity contribution in [3.05, 3.63) is 58.1 Å². The number of nitrogens with zero attached hydrogens (tertiary/aromatic N) is 4. The first-order valence-electron chi connectivity index (χ1n) is 7.14. The van der Waals surface area contributed by atoms with Crippen molar-refractivity contribution < 1.29 is 14.8 Å². The van der Waals surface area contributed by atoms with Gasteiger partial charge in [0.15, 0.2) is 0 Å². The summed E-state index contributed by atoms with van der Waals surface area (Å²) in [6, 6.07) is 10.6. The Hall–Kier alpha value is -3.95. The van der Waals surface area contributed by atoms with E-state index in [0.717, 1.165) is 0 Å². The molecule has 124 valence electrons. The summed E-state index contributed by atoms with van der Waals surface area (Å²) >= 11 is 0. The Labute approximate surface area is 138 Å². The van der Waals surface area contributed by atoms with E-state index in [2.05, 4.69) is 20.4 Å². The molecule has 0 radical (unpaired) electrons. The molecule has 4 aromatic rings. The van der Waals surface area contributed by atoms with Gasteiger partial charge in [-0.25, -0.2) is 14.3 Å². The van der Waals surface area contributed by atoms with Crippen molar-refractivity contribution in [2.75, 3.05) is 5.32 Å². The number of nitro benzene ring substituents is 1. The second-order valence-electron chi connectivity index (χ2n) is 5.26. The van der Waals surface area contributed by atoms with Crippen molar-refractivity contribution in [2.45, 2.75) is 0 Å². The van der Waals surface area contributed by atoms with E-state index >= 15 is 0 Å². The number of aromatic amines is 1. The summed E-state index contributed by atoms with van der Waals surface area (Å²) in [5.41, 5.74) is 1.78. The number of aromatic carboxylic acids is 1. The number of hydrogen-bond donors (Lipinski definition) is 3. The minimum Gasteiger partial charge on any atom is -0.478 e. The van der Waals surface area contributed by atoms with Gasteiger partial charge in [0.2, 0.25) is 5.95 Å². The van der Waals surface area contributed by atoms with E-state index in [0.29, 0.717) is 28.4 Å². The molecule has 0 saturated carbocycles. The first-order valence-corrected chi connectivity index (χ1v) is 7.14. The molecule has 10 nitrogen and oxygen atoms in total. The van der Waals surface area contributed by atoms with Crippen LogP contribution in [-0.2, 0) is 0 Å². The molecule has 4 rings (SSSR count). The van der Waals surface area contributed by atoms with Gasteiger partial charge in [-0.1, -0.05) is 6.07 Å². The zero-order valence-electron chi connectivity index (χ0n) is 12.5. The first-order chi connectivity index (χ1) is 12.0. The van der Waals surface area contributed by atoms with Gasteiger partial charge in [0.05, 0.1) is 21.5 Å². The summed E-state index contributed by atoms with van der Waals surface area (Å²) in [6.07, 6.45) is 0. The van der Waals surface area contributed by atoms with Crippen molar-refractivity contribution in [2.24, 2.45) is 0 Å². The molecule has 0 spiro atoms. The standard InChI is InChI=1S/C15H10N6O4/c22-13(23)8-4-5-12-11(6-8)17-15-18-14(19-20(12)15)16-9-2-1-3-10(7-9)21(24)25/h1-7H,(H,22,23)(H2,16,17,18,19). The minimum absolute atomic E-state index is 0.0343. The Bertz CT molecular complexity index is 1150. The fraction of sp³-hybridized carbons (Fsp3) is 0. The van der Waals surface area contributed by atoms with Crippen LogP contribution < -0.4 is 5.32 Å². The number of fused-ring (bicyclic) bond motifs is 3. The second kappa shape index (κ2) is 5.30. The van der Waals surface area contributed by atoms with Crippen LogP contribution in [0.4, 0.5) is 17.3 Å². The fourth-order valence-corrected chi connectivity index (χ4v) is 2.51. The molecule has 2 aromatic heterocycles. The SMILES string of the molecule is O=C(O)c1ccc2c(c1)nc1nc(Nc3cccc([N+](=O)[O-])c3)[nH]n12. The Kier molecular flexibility index (Phi) is 3.10. The molecule has 0 unspecified atom stereocenters. The third-order valence-corrected chi connectivity index (χ3v) is 3.63. The van der Waals surface area contributed by atoms with E-state index in [1.54, 1.807) is 22.7 Å². The smallest absolute Gasteiger partial charge is 0.335 e. The van der Waals surface area contributed by atoms with Crippen LogP contribution in [0.15, 0.2) is 42.5 Å². The third-order valence-electron chi connectivity index (χ3n) is 3.63. The van der Waals surface area contributed by atoms with Crippen LogP contribution in [0.25, 0.3) is 16.8 Å². The molecule has 2 heterocycles. The van der Waals surface area contributed by atoms with Crippen molar-refractivity contribution in [1.29, 1.82) is 0 Å². The largest absolute Gasteiger partial charge is 0.478 e. The number of carboxylic acids is 1. The molecule has 0 fully saturated rings. The van der Waals surface area contributed by atoms with Gasteiger partial charge in [0, 0.05) is 17.8 Å². The number of H-pyrrole nitrogens is 1. The molecule has 0 bridgehead atoms. The van der Waals surface area contributed by atoms with E-state index in [1.807, 2.05) is 0 Å². The van der Waals surface area contributed by atoms with Gasteiger partial charge in [-0.05, 0) is 24.3 Å². The minimum atomic E-state index is -1.03. The van der Waals surface area contributed by atoms with E-state index in [1.165, 1.54) is 24.3 Å². The number of anilines is 2. The van der Waals surface area contributed by atoms with Crippen molar-refractivity contribution in [3.8, 4) is 0 Å². The highest BCUT2D eigenvalue weighted by Crippen LogP contribution is 2.22. The molecule has 10 heteroatoms. The van der Waals surface area contributed by atoms with Gasteiger partial charge < -0.3 is 10.4 Å². The van der Waals surface area contributed by atoms with Crippen LogP contribution >= 0.6 is 0 Å². The predicted octanol–water partition coefficient (Wildman–Crippen LogP) is 2.56. The zero-order chi connectivity index (χ0) is 17.6. The second-order valence-corrected chi connectivity index (χ2v) is 5.26. The average molecular weight is 338 g/mol. The van der Waals surface area contributed by atoms with Gasteiger partial charge in [0.1, 0.15) is 0 Å². The lowest BCUT2D eigenvalue weighted by atomic mass is 10.2. The molecule has 0 saturated heterocycles. The highest BCUT2D eigenvalue weighted by Gasteiger charge is 2.13. The summed E-state index contributed by atoms with van der Waals surface area (Å²) in [6.45, 7) is 0. The maximum atomic E-state index is 11.0. The Morgan fingerprint density at radius 3 is 2.84 bits per heavy atom. The monoisotopic (exact) mass is 338 g/mol. The van der Waals surface area contributed by atoms with Crippen molar-refractivity contribution >= 4 is 40.1 Å². The van der Waals surface area contributed by atoms with Crippen LogP contribution in [0.2, 0.25) is 0 Å². The third kappa shape index (κ3) is 2.51. The molecule has 0 aliphatic carbocycles. The van der Waals surface area contributed by atoms with E-state index < -0.39 is 10.9 Å². The average Bonchev–Trinajstić information content (AvgIpc) is 3.11. The van der Waals surface area contributed by atoms with Crippen LogP contribution in [-0.4, -0.2) is 35.6 Å². The number of carbonyl (C=O) groups is 1. The topological polar surface area (TPSA) is 138 Å². The maximum Gasteiger partial charge on any atom is 0.335 e. The summed E-state index contributed by atoms with van der Waals surface area (Å²) in [5, 5.41) is 25.8. The molecule has 3 N–H and O–H groups in total. The van der Waals surface area contributed by atoms with Crippen LogP contribution in [0.1, 0.15) is 10.4 Å². The highest BCUT2D eigenvalue weighted by atomic mass is 16.6. The van der Waals surface area contributed by atoms with Crippen LogP contribution in [0.3, 0.4) is 0 Å². The van der Waals surface area contributed by atoms with E-state index in [4.69, 9.17) is 5.11 Å². The molecule has 0 amide bonds. The lowest BCUT2D eigenvalue weighted by Crippen LogP contribution is -1.96. The number of nitro groups is 1. The van der Waals surface area contributed by atoms with Crippen LogP contribution in [0.5, 0.6) is 0 Å². The van der Waals surface area contributed by atoms with Gasteiger partial charge in [0.25, 0.3) is 11.5 Å². The van der Waals surface area contributed by atoms with E-state index in [9.17, 15) is 14.9 Å². The molecule has 0 atom stereocenters. The van der Waals surface area contributed by atoms with Gasteiger partial charge >= 0.3 is 5.97 Å². The number of nitrogens with one attached hydrogen (secondary N) is 2.